The normalized spacial score (nSPS) is 13.3. The number of hydrogen-bond acceptors (Lipinski definition) is 5. The van der Waals surface area contributed by atoms with Crippen LogP contribution in [0.2, 0.25) is 0 Å². The molecule has 3 aromatic carbocycles. The zero-order valence-corrected chi connectivity index (χ0v) is 19.3. The predicted octanol–water partition coefficient (Wildman–Crippen LogP) is 5.41. The van der Waals surface area contributed by atoms with Crippen molar-refractivity contribution < 1.29 is 28.1 Å². The molecule has 1 aliphatic heterocycles. The van der Waals surface area contributed by atoms with Crippen molar-refractivity contribution in [3.05, 3.63) is 83.2 Å². The van der Waals surface area contributed by atoms with E-state index in [-0.39, 0.29) is 5.91 Å². The molecule has 0 aromatic heterocycles. The molecular weight excluding hydrogens is 437 g/mol. The quantitative estimate of drug-likeness (QED) is 0.477. The van der Waals surface area contributed by atoms with Gasteiger partial charge < -0.3 is 24.3 Å². The van der Waals surface area contributed by atoms with Gasteiger partial charge >= 0.3 is 0 Å². The standard InChI is InChI=1S/C27H24FNO5/c1-15(17-12-24(32-3)26(34-5)25(13-17)33-4)16-6-9-23(31-2)18(10-16)11-21-20-14-19(28)7-8-22(20)29-27(21)30/h6-14H,1H2,2-5H3,(H,29,30)/b21-11+. The molecule has 0 saturated carbocycles. The SMILES string of the molecule is C=C(c1ccc(OC)c(/C=C2/C(=O)Nc3ccc(F)cc32)c1)c1cc(OC)c(OC)c(OC)c1. The molecule has 6 nitrogen and oxygen atoms in total. The van der Waals surface area contributed by atoms with Gasteiger partial charge in [0.2, 0.25) is 5.75 Å². The Labute approximate surface area is 197 Å². The fraction of sp³-hybridized carbons (Fsp3) is 0.148. The topological polar surface area (TPSA) is 66.0 Å². The minimum atomic E-state index is -0.419. The molecule has 1 N–H and O–H groups in total. The zero-order valence-electron chi connectivity index (χ0n) is 19.3. The maximum Gasteiger partial charge on any atom is 0.256 e. The van der Waals surface area contributed by atoms with Gasteiger partial charge in [-0.1, -0.05) is 12.6 Å². The van der Waals surface area contributed by atoms with E-state index in [1.54, 1.807) is 46.6 Å². The van der Waals surface area contributed by atoms with Crippen molar-refractivity contribution in [1.29, 1.82) is 0 Å². The van der Waals surface area contributed by atoms with E-state index < -0.39 is 5.82 Å². The second-order valence-electron chi connectivity index (χ2n) is 7.55. The van der Waals surface area contributed by atoms with Crippen LogP contribution in [-0.4, -0.2) is 34.3 Å². The third-order valence-corrected chi connectivity index (χ3v) is 5.66. The van der Waals surface area contributed by atoms with E-state index in [1.807, 2.05) is 24.3 Å². The van der Waals surface area contributed by atoms with Crippen LogP contribution < -0.4 is 24.3 Å². The molecule has 0 saturated heterocycles. The van der Waals surface area contributed by atoms with Crippen molar-refractivity contribution in [2.45, 2.75) is 0 Å². The predicted molar refractivity (Wildman–Crippen MR) is 130 cm³/mol. The maximum atomic E-state index is 13.9. The van der Waals surface area contributed by atoms with Crippen LogP contribution in [0.15, 0.2) is 55.1 Å². The van der Waals surface area contributed by atoms with Crippen LogP contribution in [0.1, 0.15) is 22.3 Å². The molecule has 1 amide bonds. The lowest BCUT2D eigenvalue weighted by Crippen LogP contribution is -2.03. The van der Waals surface area contributed by atoms with Gasteiger partial charge in [-0.05, 0) is 65.2 Å². The van der Waals surface area contributed by atoms with Gasteiger partial charge in [-0.3, -0.25) is 4.79 Å². The van der Waals surface area contributed by atoms with Gasteiger partial charge in [-0.15, -0.1) is 0 Å². The number of anilines is 1. The van der Waals surface area contributed by atoms with E-state index in [2.05, 4.69) is 11.9 Å². The van der Waals surface area contributed by atoms with Crippen molar-refractivity contribution in [2.24, 2.45) is 0 Å². The van der Waals surface area contributed by atoms with E-state index in [9.17, 15) is 9.18 Å². The van der Waals surface area contributed by atoms with E-state index in [0.717, 1.165) is 11.1 Å². The Kier molecular flexibility index (Phi) is 6.27. The first-order chi connectivity index (χ1) is 16.4. The van der Waals surface area contributed by atoms with Crippen molar-refractivity contribution in [3.63, 3.8) is 0 Å². The van der Waals surface area contributed by atoms with Gasteiger partial charge in [0.1, 0.15) is 11.6 Å². The molecule has 0 atom stereocenters. The first-order valence-electron chi connectivity index (χ1n) is 10.4. The molecule has 3 aromatic rings. The Hall–Kier alpha value is -4.26. The van der Waals surface area contributed by atoms with Crippen LogP contribution in [0.5, 0.6) is 23.0 Å². The lowest BCUT2D eigenvalue weighted by Gasteiger charge is -2.16. The minimum Gasteiger partial charge on any atom is -0.496 e. The summed E-state index contributed by atoms with van der Waals surface area (Å²) in [7, 11) is 6.19. The van der Waals surface area contributed by atoms with Crippen LogP contribution in [0.25, 0.3) is 17.2 Å². The Morgan fingerprint density at radius 2 is 1.53 bits per heavy atom. The molecule has 1 heterocycles. The monoisotopic (exact) mass is 461 g/mol. The number of amides is 1. The molecule has 0 spiro atoms. The third kappa shape index (κ3) is 4.08. The van der Waals surface area contributed by atoms with E-state index >= 15 is 0 Å². The highest BCUT2D eigenvalue weighted by Crippen LogP contribution is 2.41. The summed E-state index contributed by atoms with van der Waals surface area (Å²) in [5.41, 5.74) is 4.32. The number of benzene rings is 3. The van der Waals surface area contributed by atoms with E-state index in [0.29, 0.717) is 51.0 Å². The molecule has 0 unspecified atom stereocenters. The summed E-state index contributed by atoms with van der Waals surface area (Å²) in [5, 5.41) is 2.76. The summed E-state index contributed by atoms with van der Waals surface area (Å²) in [6.45, 7) is 4.25. The van der Waals surface area contributed by atoms with Crippen LogP contribution in [-0.2, 0) is 4.79 Å². The number of halogens is 1. The number of fused-ring (bicyclic) bond motifs is 1. The van der Waals surface area contributed by atoms with E-state index in [1.165, 1.54) is 12.1 Å². The molecule has 174 valence electrons. The van der Waals surface area contributed by atoms with Crippen LogP contribution in [0, 0.1) is 5.82 Å². The smallest absolute Gasteiger partial charge is 0.256 e. The van der Waals surface area contributed by atoms with Crippen molar-refractivity contribution in [3.8, 4) is 23.0 Å². The Balaban J connectivity index is 1.79. The molecule has 0 fully saturated rings. The Morgan fingerprint density at radius 3 is 2.15 bits per heavy atom. The first-order valence-corrected chi connectivity index (χ1v) is 10.4. The average molecular weight is 461 g/mol. The number of hydrogen-bond donors (Lipinski definition) is 1. The molecule has 34 heavy (non-hydrogen) atoms. The van der Waals surface area contributed by atoms with Crippen molar-refractivity contribution >= 4 is 28.8 Å². The summed E-state index contributed by atoms with van der Waals surface area (Å²) in [5.74, 6) is 1.34. The van der Waals surface area contributed by atoms with Gasteiger partial charge in [0.05, 0.1) is 28.4 Å². The summed E-state index contributed by atoms with van der Waals surface area (Å²) >= 11 is 0. The summed E-state index contributed by atoms with van der Waals surface area (Å²) in [6, 6.07) is 13.4. The zero-order chi connectivity index (χ0) is 24.4. The number of nitrogens with one attached hydrogen (secondary N) is 1. The summed E-state index contributed by atoms with van der Waals surface area (Å²) in [6.07, 6.45) is 1.69. The van der Waals surface area contributed by atoms with Crippen molar-refractivity contribution in [2.75, 3.05) is 33.8 Å². The number of methoxy groups -OCH3 is 4. The highest BCUT2D eigenvalue weighted by Gasteiger charge is 2.25. The van der Waals surface area contributed by atoms with Crippen molar-refractivity contribution in [1.82, 2.24) is 0 Å². The summed E-state index contributed by atoms with van der Waals surface area (Å²) < 4.78 is 35.7. The molecule has 4 rings (SSSR count). The molecule has 7 heteroatoms. The minimum absolute atomic E-state index is 0.309. The highest BCUT2D eigenvalue weighted by molar-refractivity contribution is 6.35. The average Bonchev–Trinajstić information content (AvgIpc) is 3.16. The highest BCUT2D eigenvalue weighted by atomic mass is 19.1. The van der Waals surface area contributed by atoms with E-state index in [4.69, 9.17) is 18.9 Å². The second-order valence-corrected chi connectivity index (χ2v) is 7.55. The van der Waals surface area contributed by atoms with Gasteiger partial charge in [-0.25, -0.2) is 4.39 Å². The number of ether oxygens (including phenoxy) is 4. The molecule has 0 radical (unpaired) electrons. The molecule has 1 aliphatic rings. The van der Waals surface area contributed by atoms with Crippen LogP contribution >= 0.6 is 0 Å². The summed E-state index contributed by atoms with van der Waals surface area (Å²) in [4.78, 5) is 12.6. The first kappa shape index (κ1) is 22.9. The number of carbonyl (C=O) groups excluding carboxylic acids is 1. The Morgan fingerprint density at radius 1 is 0.853 bits per heavy atom. The third-order valence-electron chi connectivity index (χ3n) is 5.66. The lowest BCUT2D eigenvalue weighted by atomic mass is 9.95. The van der Waals surface area contributed by atoms with Gasteiger partial charge in [-0.2, -0.15) is 0 Å². The molecule has 0 aliphatic carbocycles. The Bertz CT molecular complexity index is 1300. The van der Waals surface area contributed by atoms with Crippen LogP contribution in [0.4, 0.5) is 10.1 Å². The largest absolute Gasteiger partial charge is 0.496 e. The lowest BCUT2D eigenvalue weighted by molar-refractivity contribution is -0.110. The van der Waals surface area contributed by atoms with Crippen LogP contribution in [0.3, 0.4) is 0 Å². The molecular formula is C27H24FNO5. The number of rotatable bonds is 7. The number of carbonyl (C=O) groups is 1. The fourth-order valence-corrected chi connectivity index (χ4v) is 3.92. The van der Waals surface area contributed by atoms with Gasteiger partial charge in [0.15, 0.2) is 11.5 Å². The van der Waals surface area contributed by atoms with Gasteiger partial charge in [0.25, 0.3) is 5.91 Å². The maximum absolute atomic E-state index is 13.9. The molecule has 0 bridgehead atoms. The van der Waals surface area contributed by atoms with Gasteiger partial charge in [0, 0.05) is 22.4 Å². The fourth-order valence-electron chi connectivity index (χ4n) is 3.92. The second kappa shape index (κ2) is 9.31.